The summed E-state index contributed by atoms with van der Waals surface area (Å²) in [6, 6.07) is 5.51. The normalized spacial score (nSPS) is 17.7. The first-order chi connectivity index (χ1) is 8.65. The van der Waals surface area contributed by atoms with Crippen molar-refractivity contribution < 1.29 is 9.18 Å². The van der Waals surface area contributed by atoms with Gasteiger partial charge in [-0.1, -0.05) is 0 Å². The van der Waals surface area contributed by atoms with Crippen molar-refractivity contribution in [2.45, 2.75) is 25.3 Å². The van der Waals surface area contributed by atoms with Crippen LogP contribution in [0.15, 0.2) is 18.2 Å². The van der Waals surface area contributed by atoms with Gasteiger partial charge in [0.15, 0.2) is 0 Å². The van der Waals surface area contributed by atoms with Crippen LogP contribution in [0.3, 0.4) is 0 Å². The molecular formula is C13H14FN3O. The first-order valence-corrected chi connectivity index (χ1v) is 5.88. The first-order valence-electron chi connectivity index (χ1n) is 5.88. The minimum Gasteiger partial charge on any atom is -0.316 e. The van der Waals surface area contributed by atoms with Crippen LogP contribution in [0.2, 0.25) is 0 Å². The van der Waals surface area contributed by atoms with Crippen LogP contribution in [0.25, 0.3) is 0 Å². The number of halogens is 1. The van der Waals surface area contributed by atoms with Gasteiger partial charge in [0.25, 0.3) is 0 Å². The molecule has 1 atom stereocenters. The summed E-state index contributed by atoms with van der Waals surface area (Å²) in [5.41, 5.74) is 7.00. The Morgan fingerprint density at radius 1 is 1.44 bits per heavy atom. The van der Waals surface area contributed by atoms with Crippen molar-refractivity contribution in [3.8, 4) is 6.07 Å². The third-order valence-corrected chi connectivity index (χ3v) is 3.07. The number of nitriles is 1. The fourth-order valence-electron chi connectivity index (χ4n) is 2.14. The molecule has 0 saturated carbocycles. The molecule has 0 aliphatic carbocycles. The molecule has 1 heterocycles. The Hall–Kier alpha value is -1.93. The Morgan fingerprint density at radius 2 is 2.22 bits per heavy atom. The van der Waals surface area contributed by atoms with E-state index in [1.54, 1.807) is 11.0 Å². The van der Waals surface area contributed by atoms with Gasteiger partial charge in [0.1, 0.15) is 11.9 Å². The van der Waals surface area contributed by atoms with Gasteiger partial charge in [-0.05, 0) is 31.0 Å². The van der Waals surface area contributed by atoms with Crippen molar-refractivity contribution in [1.82, 2.24) is 0 Å². The van der Waals surface area contributed by atoms with Crippen LogP contribution in [0.1, 0.15) is 30.9 Å². The Kier molecular flexibility index (Phi) is 3.58. The monoisotopic (exact) mass is 247 g/mol. The van der Waals surface area contributed by atoms with Gasteiger partial charge in [0, 0.05) is 24.2 Å². The second-order valence-corrected chi connectivity index (χ2v) is 4.29. The molecule has 1 aromatic carbocycles. The van der Waals surface area contributed by atoms with Crippen LogP contribution in [-0.4, -0.2) is 12.5 Å². The summed E-state index contributed by atoms with van der Waals surface area (Å²) in [7, 11) is 0. The quantitative estimate of drug-likeness (QED) is 0.825. The number of rotatable bonds is 4. The summed E-state index contributed by atoms with van der Waals surface area (Å²) in [6.07, 6.45) is 1.96. The molecule has 1 unspecified atom stereocenters. The predicted molar refractivity (Wildman–Crippen MR) is 65.1 cm³/mol. The minimum absolute atomic E-state index is 0.201. The Labute approximate surface area is 105 Å². The van der Waals surface area contributed by atoms with E-state index in [0.717, 1.165) is 12.8 Å². The van der Waals surface area contributed by atoms with Gasteiger partial charge < -0.3 is 10.6 Å². The third-order valence-electron chi connectivity index (χ3n) is 3.07. The molecule has 2 rings (SSSR count). The van der Waals surface area contributed by atoms with Gasteiger partial charge in [-0.3, -0.25) is 4.79 Å². The summed E-state index contributed by atoms with van der Waals surface area (Å²) in [5.74, 6) is -0.587. The fraction of sp³-hybridized carbons (Fsp3) is 0.385. The standard InChI is InChI=1S/C13H14FN3O/c14-9-4-5-11-10(8-9)12(16)13(18)17(11)7-3-1-2-6-15/h4-5,8,12H,1-3,7,16H2. The van der Waals surface area contributed by atoms with E-state index in [1.807, 2.05) is 0 Å². The molecular weight excluding hydrogens is 233 g/mol. The van der Waals surface area contributed by atoms with Gasteiger partial charge in [-0.25, -0.2) is 4.39 Å². The van der Waals surface area contributed by atoms with Gasteiger partial charge in [-0.2, -0.15) is 5.26 Å². The van der Waals surface area contributed by atoms with Gasteiger partial charge >= 0.3 is 0 Å². The summed E-state index contributed by atoms with van der Waals surface area (Å²) in [6.45, 7) is 0.521. The molecule has 1 amide bonds. The number of hydrogen-bond donors (Lipinski definition) is 1. The van der Waals surface area contributed by atoms with Crippen molar-refractivity contribution in [3.05, 3.63) is 29.6 Å². The smallest absolute Gasteiger partial charge is 0.248 e. The highest BCUT2D eigenvalue weighted by Crippen LogP contribution is 2.34. The number of carbonyl (C=O) groups is 1. The van der Waals surface area contributed by atoms with E-state index in [4.69, 9.17) is 11.0 Å². The second kappa shape index (κ2) is 5.15. The lowest BCUT2D eigenvalue weighted by molar-refractivity contribution is -0.119. The number of hydrogen-bond acceptors (Lipinski definition) is 3. The Bertz CT molecular complexity index is 509. The lowest BCUT2D eigenvalue weighted by Gasteiger charge is -2.17. The summed E-state index contributed by atoms with van der Waals surface area (Å²) >= 11 is 0. The molecule has 0 radical (unpaired) electrons. The number of carbonyl (C=O) groups excluding carboxylic acids is 1. The van der Waals surface area contributed by atoms with Gasteiger partial charge in [0.05, 0.1) is 6.07 Å². The molecule has 1 aliphatic rings. The SMILES string of the molecule is N#CCCCCN1C(=O)C(N)c2cc(F)ccc21. The third kappa shape index (κ3) is 2.20. The van der Waals surface area contributed by atoms with Crippen LogP contribution in [-0.2, 0) is 4.79 Å². The molecule has 0 aromatic heterocycles. The number of amides is 1. The molecule has 2 N–H and O–H groups in total. The molecule has 0 fully saturated rings. The lowest BCUT2D eigenvalue weighted by Crippen LogP contribution is -2.32. The van der Waals surface area contributed by atoms with Crippen molar-refractivity contribution in [3.63, 3.8) is 0 Å². The number of nitrogens with zero attached hydrogens (tertiary/aromatic N) is 2. The van der Waals surface area contributed by atoms with E-state index < -0.39 is 6.04 Å². The van der Waals surface area contributed by atoms with E-state index in [1.165, 1.54) is 12.1 Å². The molecule has 0 saturated heterocycles. The number of fused-ring (bicyclic) bond motifs is 1. The second-order valence-electron chi connectivity index (χ2n) is 4.29. The van der Waals surface area contributed by atoms with Gasteiger partial charge in [0.2, 0.25) is 5.91 Å². The Balaban J connectivity index is 2.14. The highest BCUT2D eigenvalue weighted by Gasteiger charge is 2.34. The van der Waals surface area contributed by atoms with E-state index >= 15 is 0 Å². The molecule has 0 bridgehead atoms. The molecule has 1 aromatic rings. The van der Waals surface area contributed by atoms with Gasteiger partial charge in [-0.15, -0.1) is 0 Å². The summed E-state index contributed by atoms with van der Waals surface area (Å²) in [4.78, 5) is 13.5. The van der Waals surface area contributed by atoms with Crippen LogP contribution in [0.4, 0.5) is 10.1 Å². The summed E-state index contributed by atoms with van der Waals surface area (Å²) in [5, 5.41) is 8.45. The molecule has 0 spiro atoms. The molecule has 1 aliphatic heterocycles. The fourth-order valence-corrected chi connectivity index (χ4v) is 2.14. The highest BCUT2D eigenvalue weighted by atomic mass is 19.1. The van der Waals surface area contributed by atoms with E-state index in [9.17, 15) is 9.18 Å². The summed E-state index contributed by atoms with van der Waals surface area (Å²) < 4.78 is 13.1. The maximum atomic E-state index is 13.1. The number of anilines is 1. The lowest BCUT2D eigenvalue weighted by atomic mass is 10.1. The Morgan fingerprint density at radius 3 is 2.94 bits per heavy atom. The molecule has 4 nitrogen and oxygen atoms in total. The van der Waals surface area contributed by atoms with Crippen LogP contribution >= 0.6 is 0 Å². The van der Waals surface area contributed by atoms with Crippen molar-refractivity contribution >= 4 is 11.6 Å². The zero-order valence-electron chi connectivity index (χ0n) is 9.90. The molecule has 94 valence electrons. The topological polar surface area (TPSA) is 70.1 Å². The van der Waals surface area contributed by atoms with Crippen molar-refractivity contribution in [2.24, 2.45) is 5.73 Å². The van der Waals surface area contributed by atoms with Crippen molar-refractivity contribution in [2.75, 3.05) is 11.4 Å². The maximum absolute atomic E-state index is 13.1. The minimum atomic E-state index is -0.772. The largest absolute Gasteiger partial charge is 0.316 e. The maximum Gasteiger partial charge on any atom is 0.248 e. The molecule has 5 heteroatoms. The highest BCUT2D eigenvalue weighted by molar-refractivity contribution is 6.04. The van der Waals surface area contributed by atoms with E-state index in [0.29, 0.717) is 24.2 Å². The zero-order valence-corrected chi connectivity index (χ0v) is 9.90. The molecule has 18 heavy (non-hydrogen) atoms. The average Bonchev–Trinajstić information content (AvgIpc) is 2.59. The average molecular weight is 247 g/mol. The number of nitrogens with two attached hydrogens (primary N) is 1. The number of unbranched alkanes of at least 4 members (excludes halogenated alkanes) is 2. The number of benzene rings is 1. The van der Waals surface area contributed by atoms with E-state index in [-0.39, 0.29) is 11.7 Å². The predicted octanol–water partition coefficient (Wildman–Crippen LogP) is 1.87. The van der Waals surface area contributed by atoms with E-state index in [2.05, 4.69) is 6.07 Å². The first kappa shape index (κ1) is 12.5. The van der Waals surface area contributed by atoms with Crippen molar-refractivity contribution in [1.29, 1.82) is 5.26 Å². The van der Waals surface area contributed by atoms with Crippen LogP contribution < -0.4 is 10.6 Å². The zero-order chi connectivity index (χ0) is 13.1. The van der Waals surface area contributed by atoms with Crippen LogP contribution in [0.5, 0.6) is 0 Å². The van der Waals surface area contributed by atoms with Crippen LogP contribution in [0, 0.1) is 17.1 Å².